The zero-order chi connectivity index (χ0) is 22.2. The first-order valence-electron chi connectivity index (χ1n) is 8.55. The van der Waals surface area contributed by atoms with Crippen LogP contribution in [-0.4, -0.2) is 23.1 Å². The minimum Gasteiger partial charge on any atom is -0.322 e. The summed E-state index contributed by atoms with van der Waals surface area (Å²) in [6, 6.07) is 13.5. The molecule has 0 fully saturated rings. The minimum absolute atomic E-state index is 0.00486. The summed E-state index contributed by atoms with van der Waals surface area (Å²) in [5.74, 6) is -0.568. The molecule has 0 saturated heterocycles. The number of sulfonamides is 1. The van der Waals surface area contributed by atoms with E-state index in [4.69, 9.17) is 34.8 Å². The second kappa shape index (κ2) is 8.60. The number of hydrogen-bond acceptors (Lipinski definition) is 6. The first kappa shape index (κ1) is 21.8. The van der Waals surface area contributed by atoms with Crippen LogP contribution in [0.3, 0.4) is 0 Å². The molecule has 7 nitrogen and oxygen atoms in total. The zero-order valence-corrected chi connectivity index (χ0v) is 19.2. The van der Waals surface area contributed by atoms with Crippen molar-refractivity contribution in [2.75, 3.05) is 10.0 Å². The number of fused-ring (bicyclic) bond motifs is 1. The number of benzene rings is 3. The Morgan fingerprint density at radius 3 is 2.52 bits per heavy atom. The van der Waals surface area contributed by atoms with E-state index in [1.54, 1.807) is 18.2 Å². The highest BCUT2D eigenvalue weighted by molar-refractivity contribution is 7.93. The van der Waals surface area contributed by atoms with Crippen molar-refractivity contribution in [3.63, 3.8) is 0 Å². The van der Waals surface area contributed by atoms with Crippen LogP contribution in [0.25, 0.3) is 11.0 Å². The highest BCUT2D eigenvalue weighted by atomic mass is 35.5. The van der Waals surface area contributed by atoms with Gasteiger partial charge in [0.15, 0.2) is 0 Å². The molecule has 0 spiro atoms. The smallest absolute Gasteiger partial charge is 0.264 e. The summed E-state index contributed by atoms with van der Waals surface area (Å²) in [6.07, 6.45) is 0. The average Bonchev–Trinajstić information content (AvgIpc) is 3.19. The maximum absolute atomic E-state index is 13.1. The fourth-order valence-corrected chi connectivity index (χ4v) is 5.08. The zero-order valence-electron chi connectivity index (χ0n) is 15.3. The van der Waals surface area contributed by atoms with E-state index in [-0.39, 0.29) is 31.7 Å². The number of aromatic nitrogens is 2. The van der Waals surface area contributed by atoms with Crippen LogP contribution >= 0.6 is 46.5 Å². The van der Waals surface area contributed by atoms with Gasteiger partial charge in [-0.2, -0.15) is 8.75 Å². The van der Waals surface area contributed by atoms with E-state index in [1.165, 1.54) is 36.4 Å². The van der Waals surface area contributed by atoms with Gasteiger partial charge in [-0.1, -0.05) is 40.9 Å². The number of carbonyl (C=O) groups excluding carboxylic acids is 1. The van der Waals surface area contributed by atoms with E-state index in [9.17, 15) is 13.2 Å². The van der Waals surface area contributed by atoms with Crippen molar-refractivity contribution in [1.82, 2.24) is 8.75 Å². The van der Waals surface area contributed by atoms with Crippen LogP contribution in [0.5, 0.6) is 0 Å². The number of amides is 1. The molecule has 0 atom stereocenters. The van der Waals surface area contributed by atoms with E-state index in [0.29, 0.717) is 16.2 Å². The quantitative estimate of drug-likeness (QED) is 0.356. The highest BCUT2D eigenvalue weighted by Crippen LogP contribution is 2.29. The molecule has 0 aliphatic carbocycles. The van der Waals surface area contributed by atoms with E-state index < -0.39 is 15.9 Å². The Bertz CT molecular complexity index is 1420. The molecular formula is C19H11Cl3N4O3S2. The van der Waals surface area contributed by atoms with Crippen LogP contribution in [0.4, 0.5) is 11.4 Å². The Morgan fingerprint density at radius 2 is 1.74 bits per heavy atom. The number of anilines is 2. The molecule has 0 unspecified atom stereocenters. The summed E-state index contributed by atoms with van der Waals surface area (Å²) >= 11 is 18.8. The molecule has 2 N–H and O–H groups in total. The normalized spacial score (nSPS) is 11.5. The molecular weight excluding hydrogens is 503 g/mol. The molecule has 0 saturated carbocycles. The van der Waals surface area contributed by atoms with Gasteiger partial charge in [0, 0.05) is 10.7 Å². The predicted molar refractivity (Wildman–Crippen MR) is 124 cm³/mol. The fourth-order valence-electron chi connectivity index (χ4n) is 2.77. The molecule has 1 aromatic heterocycles. The third kappa shape index (κ3) is 4.60. The molecule has 31 heavy (non-hydrogen) atoms. The first-order valence-corrected chi connectivity index (χ1v) is 11.9. The Hall–Kier alpha value is -2.43. The number of rotatable bonds is 5. The van der Waals surface area contributed by atoms with Crippen molar-refractivity contribution in [2.24, 2.45) is 0 Å². The molecule has 4 rings (SSSR count). The molecule has 4 aromatic rings. The van der Waals surface area contributed by atoms with Crippen molar-refractivity contribution in [1.29, 1.82) is 0 Å². The Morgan fingerprint density at radius 1 is 0.935 bits per heavy atom. The number of nitrogens with zero attached hydrogens (tertiary/aromatic N) is 2. The predicted octanol–water partition coefficient (Wildman–Crippen LogP) is 5.70. The van der Waals surface area contributed by atoms with Crippen LogP contribution < -0.4 is 10.0 Å². The molecule has 0 aliphatic rings. The number of nitrogens with one attached hydrogen (secondary N) is 2. The fraction of sp³-hybridized carbons (Fsp3) is 0. The second-order valence-corrected chi connectivity index (χ2v) is 9.70. The van der Waals surface area contributed by atoms with Gasteiger partial charge in [0.05, 0.1) is 33.0 Å². The molecule has 12 heteroatoms. The van der Waals surface area contributed by atoms with E-state index in [2.05, 4.69) is 18.8 Å². The van der Waals surface area contributed by atoms with Crippen molar-refractivity contribution in [3.8, 4) is 0 Å². The van der Waals surface area contributed by atoms with Crippen LogP contribution in [0.1, 0.15) is 10.4 Å². The first-order chi connectivity index (χ1) is 14.7. The Labute approximate surface area is 196 Å². The van der Waals surface area contributed by atoms with Gasteiger partial charge in [-0.3, -0.25) is 9.52 Å². The molecule has 1 amide bonds. The lowest BCUT2D eigenvalue weighted by Crippen LogP contribution is -2.19. The third-order valence-corrected chi connectivity index (χ3v) is 7.10. The summed E-state index contributed by atoms with van der Waals surface area (Å²) in [4.78, 5) is 12.8. The topological polar surface area (TPSA) is 101 Å². The van der Waals surface area contributed by atoms with Gasteiger partial charge >= 0.3 is 0 Å². The van der Waals surface area contributed by atoms with Gasteiger partial charge in [0.2, 0.25) is 0 Å². The summed E-state index contributed by atoms with van der Waals surface area (Å²) < 4.78 is 36.7. The lowest BCUT2D eigenvalue weighted by Gasteiger charge is -2.14. The van der Waals surface area contributed by atoms with Gasteiger partial charge in [-0.25, -0.2) is 8.42 Å². The van der Waals surface area contributed by atoms with Gasteiger partial charge in [-0.05, 0) is 48.5 Å². The van der Waals surface area contributed by atoms with Gasteiger partial charge in [-0.15, -0.1) is 0 Å². The van der Waals surface area contributed by atoms with Gasteiger partial charge in [0.1, 0.15) is 15.9 Å². The van der Waals surface area contributed by atoms with Crippen LogP contribution in [0.15, 0.2) is 59.5 Å². The standard InChI is InChI=1S/C19H11Cl3N4O3S2/c20-10-4-6-12(19(27)23-11-5-7-13(21)14(22)9-11)16(8-10)26-31(28,29)17-3-1-2-15-18(17)25-30-24-15/h1-9,26H,(H,23,27). The summed E-state index contributed by atoms with van der Waals surface area (Å²) in [7, 11) is -4.09. The van der Waals surface area contributed by atoms with Crippen molar-refractivity contribution < 1.29 is 13.2 Å². The summed E-state index contributed by atoms with van der Waals surface area (Å²) in [5.41, 5.74) is 1.15. The molecule has 158 valence electrons. The molecule has 1 heterocycles. The monoisotopic (exact) mass is 512 g/mol. The van der Waals surface area contributed by atoms with E-state index in [1.807, 2.05) is 0 Å². The van der Waals surface area contributed by atoms with E-state index >= 15 is 0 Å². The van der Waals surface area contributed by atoms with Crippen LogP contribution in [0.2, 0.25) is 15.1 Å². The molecule has 3 aromatic carbocycles. The van der Waals surface area contributed by atoms with Gasteiger partial charge < -0.3 is 5.32 Å². The van der Waals surface area contributed by atoms with E-state index in [0.717, 1.165) is 11.7 Å². The third-order valence-electron chi connectivity index (χ3n) is 4.19. The van der Waals surface area contributed by atoms with Crippen LogP contribution in [0, 0.1) is 0 Å². The van der Waals surface area contributed by atoms with Gasteiger partial charge in [0.25, 0.3) is 15.9 Å². The summed E-state index contributed by atoms with van der Waals surface area (Å²) in [6.45, 7) is 0. The number of hydrogen-bond donors (Lipinski definition) is 2. The van der Waals surface area contributed by atoms with Crippen LogP contribution in [-0.2, 0) is 10.0 Å². The lowest BCUT2D eigenvalue weighted by atomic mass is 10.1. The summed E-state index contributed by atoms with van der Waals surface area (Å²) in [5, 5.41) is 3.51. The maximum atomic E-state index is 13.1. The SMILES string of the molecule is O=C(Nc1ccc(Cl)c(Cl)c1)c1ccc(Cl)cc1NS(=O)(=O)c1cccc2nsnc12. The van der Waals surface area contributed by atoms with Crippen molar-refractivity contribution >= 4 is 84.9 Å². The Kier molecular flexibility index (Phi) is 6.05. The average molecular weight is 514 g/mol. The maximum Gasteiger partial charge on any atom is 0.264 e. The minimum atomic E-state index is -4.09. The molecule has 0 bridgehead atoms. The van der Waals surface area contributed by atoms with Crippen molar-refractivity contribution in [2.45, 2.75) is 4.90 Å². The number of carbonyl (C=O) groups is 1. The van der Waals surface area contributed by atoms with Crippen molar-refractivity contribution in [3.05, 3.63) is 75.2 Å². The molecule has 0 radical (unpaired) electrons. The lowest BCUT2D eigenvalue weighted by molar-refractivity contribution is 0.102. The number of halogens is 3. The molecule has 0 aliphatic heterocycles. The Balaban J connectivity index is 1.69. The highest BCUT2D eigenvalue weighted by Gasteiger charge is 2.23. The second-order valence-electron chi connectivity index (χ2n) is 6.27. The largest absolute Gasteiger partial charge is 0.322 e.